The molecule has 0 spiro atoms. The Morgan fingerprint density at radius 3 is 2.47 bits per heavy atom. The first-order valence-electron chi connectivity index (χ1n) is 4.40. The number of hydrogen-bond donors (Lipinski definition) is 0. The van der Waals surface area contributed by atoms with Gasteiger partial charge in [-0.25, -0.2) is 0 Å². The quantitative estimate of drug-likeness (QED) is 0.703. The zero-order chi connectivity index (χ0) is 10.8. The average Bonchev–Trinajstić information content (AvgIpc) is 2.59. The molecule has 0 saturated heterocycles. The lowest BCUT2D eigenvalue weighted by Gasteiger charge is -2.02. The number of hydrogen-bond acceptors (Lipinski definition) is 4. The lowest BCUT2D eigenvalue weighted by atomic mass is 10.1. The topological polar surface area (TPSA) is 49.1 Å². The van der Waals surface area contributed by atoms with Gasteiger partial charge in [0.25, 0.3) is 11.7 Å². The molecule has 0 bridgehead atoms. The van der Waals surface area contributed by atoms with Gasteiger partial charge in [0.05, 0.1) is 14.2 Å². The minimum absolute atomic E-state index is 0.187. The Morgan fingerprint density at radius 2 is 2.00 bits per heavy atom. The van der Waals surface area contributed by atoms with Crippen LogP contribution < -0.4 is 13.8 Å². The SMILES string of the molecule is COc1ccc(-c2c([O-])ns[n+]2C)cc1. The molecule has 0 aliphatic heterocycles. The number of rotatable bonds is 2. The van der Waals surface area contributed by atoms with Crippen molar-refractivity contribution in [3.63, 3.8) is 0 Å². The van der Waals surface area contributed by atoms with Crippen molar-refractivity contribution in [3.05, 3.63) is 24.3 Å². The number of ether oxygens (including phenoxy) is 1. The summed E-state index contributed by atoms with van der Waals surface area (Å²) in [6, 6.07) is 7.35. The van der Waals surface area contributed by atoms with Crippen LogP contribution in [0, 0.1) is 0 Å². The van der Waals surface area contributed by atoms with Crippen LogP contribution in [0.2, 0.25) is 0 Å². The molecule has 0 N–H and O–H groups in total. The van der Waals surface area contributed by atoms with E-state index in [-0.39, 0.29) is 5.88 Å². The molecule has 0 amide bonds. The van der Waals surface area contributed by atoms with Crippen LogP contribution in [0.15, 0.2) is 24.3 Å². The van der Waals surface area contributed by atoms with E-state index in [0.29, 0.717) is 5.69 Å². The first-order chi connectivity index (χ1) is 7.22. The molecule has 0 unspecified atom stereocenters. The van der Waals surface area contributed by atoms with Gasteiger partial charge in [-0.1, -0.05) is 0 Å². The molecule has 4 nitrogen and oxygen atoms in total. The summed E-state index contributed by atoms with van der Waals surface area (Å²) in [6.45, 7) is 0. The van der Waals surface area contributed by atoms with Gasteiger partial charge >= 0.3 is 0 Å². The zero-order valence-electron chi connectivity index (χ0n) is 8.43. The number of aromatic nitrogens is 2. The van der Waals surface area contributed by atoms with Crippen molar-refractivity contribution in [1.82, 2.24) is 4.37 Å². The summed E-state index contributed by atoms with van der Waals surface area (Å²) in [5, 5.41) is 11.4. The van der Waals surface area contributed by atoms with Crippen molar-refractivity contribution in [2.45, 2.75) is 0 Å². The van der Waals surface area contributed by atoms with Crippen molar-refractivity contribution < 1.29 is 13.8 Å². The molecule has 15 heavy (non-hydrogen) atoms. The Labute approximate surface area is 91.7 Å². The Bertz CT molecular complexity index is 445. The molecule has 0 aliphatic carbocycles. The first-order valence-corrected chi connectivity index (χ1v) is 5.13. The highest BCUT2D eigenvalue weighted by Crippen LogP contribution is 2.24. The first kappa shape index (κ1) is 9.92. The summed E-state index contributed by atoms with van der Waals surface area (Å²) < 4.78 is 10.6. The van der Waals surface area contributed by atoms with E-state index in [1.165, 1.54) is 0 Å². The second-order valence-electron chi connectivity index (χ2n) is 3.05. The van der Waals surface area contributed by atoms with Crippen LogP contribution in [-0.4, -0.2) is 11.5 Å². The molecule has 1 heterocycles. The minimum Gasteiger partial charge on any atom is -0.835 e. The average molecular weight is 222 g/mol. The van der Waals surface area contributed by atoms with Crippen molar-refractivity contribution in [2.75, 3.05) is 7.11 Å². The summed E-state index contributed by atoms with van der Waals surface area (Å²) in [5.41, 5.74) is 1.47. The van der Waals surface area contributed by atoms with E-state index in [1.54, 1.807) is 11.1 Å². The van der Waals surface area contributed by atoms with Crippen LogP contribution in [0.25, 0.3) is 11.3 Å². The highest BCUT2D eigenvalue weighted by Gasteiger charge is 2.14. The predicted octanol–water partition coefficient (Wildman–Crippen LogP) is 0.717. The van der Waals surface area contributed by atoms with Crippen LogP contribution in [-0.2, 0) is 7.05 Å². The molecule has 0 radical (unpaired) electrons. The molecule has 0 fully saturated rings. The van der Waals surface area contributed by atoms with E-state index in [9.17, 15) is 5.11 Å². The summed E-state index contributed by atoms with van der Waals surface area (Å²) in [7, 11) is 3.43. The second-order valence-corrected chi connectivity index (χ2v) is 3.95. The van der Waals surface area contributed by atoms with Crippen LogP contribution in [0.4, 0.5) is 0 Å². The van der Waals surface area contributed by atoms with Crippen molar-refractivity contribution in [1.29, 1.82) is 0 Å². The minimum atomic E-state index is -0.187. The lowest BCUT2D eigenvalue weighted by molar-refractivity contribution is -0.591. The maximum absolute atomic E-state index is 11.4. The van der Waals surface area contributed by atoms with Crippen molar-refractivity contribution >= 4 is 11.7 Å². The van der Waals surface area contributed by atoms with Gasteiger partial charge in [0.2, 0.25) is 0 Å². The van der Waals surface area contributed by atoms with Gasteiger partial charge in [0, 0.05) is 9.94 Å². The molecule has 1 aromatic carbocycles. The third kappa shape index (κ3) is 1.78. The summed E-state index contributed by atoms with van der Waals surface area (Å²) >= 11 is 1.16. The molecule has 0 saturated carbocycles. The van der Waals surface area contributed by atoms with Crippen LogP contribution in [0.3, 0.4) is 0 Å². The van der Waals surface area contributed by atoms with E-state index in [1.807, 2.05) is 31.3 Å². The van der Waals surface area contributed by atoms with E-state index in [0.717, 1.165) is 23.0 Å². The molecule has 1 aromatic heterocycles. The second kappa shape index (κ2) is 3.86. The van der Waals surface area contributed by atoms with E-state index < -0.39 is 0 Å². The number of methoxy groups -OCH3 is 1. The van der Waals surface area contributed by atoms with Gasteiger partial charge in [-0.15, -0.1) is 0 Å². The lowest BCUT2D eigenvalue weighted by Crippen LogP contribution is -2.24. The third-order valence-electron chi connectivity index (χ3n) is 2.13. The highest BCUT2D eigenvalue weighted by atomic mass is 32.1. The molecular weight excluding hydrogens is 212 g/mol. The summed E-state index contributed by atoms with van der Waals surface area (Å²) in [6.07, 6.45) is 0. The molecule has 5 heteroatoms. The van der Waals surface area contributed by atoms with Gasteiger partial charge in [-0.2, -0.15) is 3.96 Å². The Morgan fingerprint density at radius 1 is 1.33 bits per heavy atom. The molecule has 2 aromatic rings. The maximum atomic E-state index is 11.4. The van der Waals surface area contributed by atoms with Gasteiger partial charge in [-0.3, -0.25) is 0 Å². The van der Waals surface area contributed by atoms with Crippen LogP contribution >= 0.6 is 11.7 Å². The zero-order valence-corrected chi connectivity index (χ0v) is 9.25. The third-order valence-corrected chi connectivity index (χ3v) is 2.80. The van der Waals surface area contributed by atoms with Crippen LogP contribution in [0.1, 0.15) is 0 Å². The fourth-order valence-electron chi connectivity index (χ4n) is 1.37. The van der Waals surface area contributed by atoms with E-state index in [2.05, 4.69) is 4.37 Å². The van der Waals surface area contributed by atoms with E-state index in [4.69, 9.17) is 4.74 Å². The molecule has 2 rings (SSSR count). The summed E-state index contributed by atoms with van der Waals surface area (Å²) in [4.78, 5) is 0. The highest BCUT2D eigenvalue weighted by molar-refractivity contribution is 6.95. The van der Waals surface area contributed by atoms with Gasteiger partial charge in [0.15, 0.2) is 11.6 Å². The maximum Gasteiger partial charge on any atom is 0.276 e. The van der Waals surface area contributed by atoms with Crippen molar-refractivity contribution in [2.24, 2.45) is 7.05 Å². The molecule has 0 atom stereocenters. The van der Waals surface area contributed by atoms with Gasteiger partial charge in [-0.05, 0) is 24.3 Å². The Hall–Kier alpha value is -1.62. The largest absolute Gasteiger partial charge is 0.835 e. The van der Waals surface area contributed by atoms with Crippen molar-refractivity contribution in [3.8, 4) is 22.9 Å². The molecular formula is C10H10N2O2S. The Kier molecular flexibility index (Phi) is 2.55. The van der Waals surface area contributed by atoms with Gasteiger partial charge in [0.1, 0.15) is 5.75 Å². The Balaban J connectivity index is 2.45. The fraction of sp³-hybridized carbons (Fsp3) is 0.200. The number of benzene rings is 1. The van der Waals surface area contributed by atoms with Gasteiger partial charge < -0.3 is 9.84 Å². The monoisotopic (exact) mass is 222 g/mol. The van der Waals surface area contributed by atoms with Crippen LogP contribution in [0.5, 0.6) is 11.6 Å². The number of nitrogens with zero attached hydrogens (tertiary/aromatic N) is 2. The van der Waals surface area contributed by atoms with E-state index >= 15 is 0 Å². The normalized spacial score (nSPS) is 10.3. The number of aryl methyl sites for hydroxylation is 1. The standard InChI is InChI=1S/C10H10N2O2S/c1-12-9(10(13)11-15-12)7-3-5-8(14-2)6-4-7/h3-6H,1-2H3. The molecule has 78 valence electrons. The fourth-order valence-corrected chi connectivity index (χ4v) is 1.92. The predicted molar refractivity (Wildman–Crippen MR) is 54.7 cm³/mol. The smallest absolute Gasteiger partial charge is 0.276 e. The summed E-state index contributed by atoms with van der Waals surface area (Å²) in [5.74, 6) is 0.588. The molecule has 0 aliphatic rings.